The Balaban J connectivity index is 1.69. The molecule has 1 saturated heterocycles. The molecule has 0 spiro atoms. The lowest BCUT2D eigenvalue weighted by molar-refractivity contribution is 0.0918. The van der Waals surface area contributed by atoms with Gasteiger partial charge in [0.2, 0.25) is 0 Å². The third-order valence-electron chi connectivity index (χ3n) is 4.03. The van der Waals surface area contributed by atoms with E-state index in [1.165, 1.54) is 12.1 Å². The topological polar surface area (TPSA) is 55.6 Å². The maximum Gasteiger partial charge on any atom is 0.410 e. The summed E-state index contributed by atoms with van der Waals surface area (Å²) in [6, 6.07) is 15.4. The van der Waals surface area contributed by atoms with Crippen LogP contribution >= 0.6 is 0 Å². The van der Waals surface area contributed by atoms with Gasteiger partial charge in [-0.15, -0.1) is 0 Å². The smallest absolute Gasteiger partial charge is 0.410 e. The molecule has 0 saturated carbocycles. The van der Waals surface area contributed by atoms with Crippen molar-refractivity contribution in [3.8, 4) is 0 Å². The zero-order chi connectivity index (χ0) is 16.2. The normalized spacial score (nSPS) is 20.5. The summed E-state index contributed by atoms with van der Waals surface area (Å²) in [6.07, 6.45) is 0.252. The zero-order valence-corrected chi connectivity index (χ0v) is 12.7. The van der Waals surface area contributed by atoms with Gasteiger partial charge in [-0.2, -0.15) is 0 Å². The van der Waals surface area contributed by atoms with E-state index in [9.17, 15) is 9.18 Å². The van der Waals surface area contributed by atoms with Gasteiger partial charge in [0.25, 0.3) is 0 Å². The monoisotopic (exact) mass is 314 g/mol. The van der Waals surface area contributed by atoms with Gasteiger partial charge in [-0.3, -0.25) is 4.90 Å². The molecule has 0 bridgehead atoms. The molecule has 1 heterocycles. The number of benzene rings is 2. The molecule has 1 aliphatic rings. The summed E-state index contributed by atoms with van der Waals surface area (Å²) in [4.78, 5) is 14.0. The van der Waals surface area contributed by atoms with Gasteiger partial charge in [0.15, 0.2) is 0 Å². The van der Waals surface area contributed by atoms with E-state index in [1.54, 1.807) is 17.0 Å². The minimum absolute atomic E-state index is 0.102. The minimum atomic E-state index is -0.392. The Labute approximate surface area is 134 Å². The van der Waals surface area contributed by atoms with Crippen LogP contribution in [0.3, 0.4) is 0 Å². The number of halogens is 1. The molecule has 0 aliphatic carbocycles. The van der Waals surface area contributed by atoms with Crippen LogP contribution in [0.4, 0.5) is 9.18 Å². The van der Waals surface area contributed by atoms with Gasteiger partial charge in [-0.05, 0) is 29.7 Å². The van der Waals surface area contributed by atoms with Crippen molar-refractivity contribution in [2.45, 2.75) is 25.1 Å². The maximum absolute atomic E-state index is 13.1. The number of amides is 1. The van der Waals surface area contributed by atoms with Crippen LogP contribution in [0.15, 0.2) is 54.6 Å². The molecule has 1 aliphatic heterocycles. The molecule has 1 amide bonds. The minimum Gasteiger partial charge on any atom is -0.445 e. The van der Waals surface area contributed by atoms with E-state index >= 15 is 0 Å². The number of nitrogens with two attached hydrogens (primary N) is 1. The number of rotatable bonds is 3. The molecule has 2 aromatic rings. The van der Waals surface area contributed by atoms with Gasteiger partial charge in [0, 0.05) is 12.6 Å². The molecule has 2 atom stereocenters. The van der Waals surface area contributed by atoms with Crippen LogP contribution in [-0.4, -0.2) is 23.6 Å². The van der Waals surface area contributed by atoms with Crippen molar-refractivity contribution < 1.29 is 13.9 Å². The first-order chi connectivity index (χ1) is 11.1. The lowest BCUT2D eigenvalue weighted by Gasteiger charge is -2.24. The Morgan fingerprint density at radius 2 is 1.87 bits per heavy atom. The zero-order valence-electron chi connectivity index (χ0n) is 12.7. The standard InChI is InChI=1S/C18H19FN2O2/c19-15-8-6-14(7-9-15)17-10-16(20)11-21(17)18(22)23-12-13-4-2-1-3-5-13/h1-9,16-17H,10-12,20H2. The fourth-order valence-corrected chi connectivity index (χ4v) is 2.87. The second kappa shape index (κ2) is 6.79. The highest BCUT2D eigenvalue weighted by Gasteiger charge is 2.35. The maximum atomic E-state index is 13.1. The lowest BCUT2D eigenvalue weighted by Crippen LogP contribution is -2.33. The van der Waals surface area contributed by atoms with Gasteiger partial charge in [0.1, 0.15) is 12.4 Å². The summed E-state index contributed by atoms with van der Waals surface area (Å²) in [7, 11) is 0. The van der Waals surface area contributed by atoms with Gasteiger partial charge < -0.3 is 10.5 Å². The van der Waals surface area contributed by atoms with E-state index in [2.05, 4.69) is 0 Å². The van der Waals surface area contributed by atoms with E-state index in [1.807, 2.05) is 30.3 Å². The van der Waals surface area contributed by atoms with Crippen LogP contribution in [0, 0.1) is 5.82 Å². The second-order valence-corrected chi connectivity index (χ2v) is 5.76. The molecule has 5 heteroatoms. The summed E-state index contributed by atoms with van der Waals surface area (Å²) < 4.78 is 18.5. The van der Waals surface area contributed by atoms with E-state index < -0.39 is 6.09 Å². The Hall–Kier alpha value is -2.40. The molecule has 2 N–H and O–H groups in total. The van der Waals surface area contributed by atoms with Crippen molar-refractivity contribution in [3.05, 3.63) is 71.5 Å². The third kappa shape index (κ3) is 3.68. The number of hydrogen-bond acceptors (Lipinski definition) is 3. The average Bonchev–Trinajstić information content (AvgIpc) is 2.96. The van der Waals surface area contributed by atoms with Gasteiger partial charge >= 0.3 is 6.09 Å². The Morgan fingerprint density at radius 3 is 2.57 bits per heavy atom. The SMILES string of the molecule is NC1CC(c2ccc(F)cc2)N(C(=O)OCc2ccccc2)C1. The molecular weight excluding hydrogens is 295 g/mol. The van der Waals surface area contributed by atoms with Gasteiger partial charge in [-0.1, -0.05) is 42.5 Å². The molecule has 0 radical (unpaired) electrons. The molecule has 1 fully saturated rings. The number of carbonyl (C=O) groups is 1. The molecule has 4 nitrogen and oxygen atoms in total. The number of likely N-dealkylation sites (tertiary alicyclic amines) is 1. The molecule has 120 valence electrons. The highest BCUT2D eigenvalue weighted by Crippen LogP contribution is 2.32. The lowest BCUT2D eigenvalue weighted by atomic mass is 10.0. The fourth-order valence-electron chi connectivity index (χ4n) is 2.87. The first-order valence-electron chi connectivity index (χ1n) is 7.62. The van der Waals surface area contributed by atoms with E-state index in [-0.39, 0.29) is 24.5 Å². The van der Waals surface area contributed by atoms with Crippen molar-refractivity contribution in [3.63, 3.8) is 0 Å². The van der Waals surface area contributed by atoms with Crippen molar-refractivity contribution in [2.24, 2.45) is 5.73 Å². The molecular formula is C18H19FN2O2. The predicted molar refractivity (Wildman–Crippen MR) is 85.1 cm³/mol. The Morgan fingerprint density at radius 1 is 1.17 bits per heavy atom. The second-order valence-electron chi connectivity index (χ2n) is 5.76. The summed E-state index contributed by atoms with van der Waals surface area (Å²) >= 11 is 0. The van der Waals surface area contributed by atoms with E-state index in [0.717, 1.165) is 11.1 Å². The van der Waals surface area contributed by atoms with Crippen LogP contribution in [-0.2, 0) is 11.3 Å². The Bertz CT molecular complexity index is 660. The van der Waals surface area contributed by atoms with Crippen molar-refractivity contribution >= 4 is 6.09 Å². The van der Waals surface area contributed by atoms with E-state index in [4.69, 9.17) is 10.5 Å². The number of nitrogens with zero attached hydrogens (tertiary/aromatic N) is 1. The van der Waals surface area contributed by atoms with Crippen LogP contribution in [0.25, 0.3) is 0 Å². The predicted octanol–water partition coefficient (Wildman–Crippen LogP) is 3.24. The third-order valence-corrected chi connectivity index (χ3v) is 4.03. The van der Waals surface area contributed by atoms with Crippen LogP contribution in [0.5, 0.6) is 0 Å². The largest absolute Gasteiger partial charge is 0.445 e. The molecule has 2 aromatic carbocycles. The first-order valence-corrected chi connectivity index (χ1v) is 7.62. The highest BCUT2D eigenvalue weighted by molar-refractivity contribution is 5.69. The van der Waals surface area contributed by atoms with E-state index in [0.29, 0.717) is 13.0 Å². The number of carbonyl (C=O) groups excluding carboxylic acids is 1. The number of ether oxygens (including phenoxy) is 1. The fraction of sp³-hybridized carbons (Fsp3) is 0.278. The average molecular weight is 314 g/mol. The molecule has 0 aromatic heterocycles. The van der Waals surface area contributed by atoms with Crippen LogP contribution in [0.2, 0.25) is 0 Å². The molecule has 2 unspecified atom stereocenters. The summed E-state index contributed by atoms with van der Waals surface area (Å²) in [6.45, 7) is 0.664. The number of hydrogen-bond donors (Lipinski definition) is 1. The molecule has 3 rings (SSSR count). The van der Waals surface area contributed by atoms with Gasteiger partial charge in [-0.25, -0.2) is 9.18 Å². The summed E-state index contributed by atoms with van der Waals surface area (Å²) in [5, 5.41) is 0. The van der Waals surface area contributed by atoms with Crippen LogP contribution < -0.4 is 5.73 Å². The molecule has 23 heavy (non-hydrogen) atoms. The first kappa shape index (κ1) is 15.5. The summed E-state index contributed by atoms with van der Waals surface area (Å²) in [5.41, 5.74) is 7.81. The van der Waals surface area contributed by atoms with Crippen molar-refractivity contribution in [1.82, 2.24) is 4.90 Å². The van der Waals surface area contributed by atoms with Crippen molar-refractivity contribution in [1.29, 1.82) is 0 Å². The van der Waals surface area contributed by atoms with Crippen LogP contribution in [0.1, 0.15) is 23.6 Å². The quantitative estimate of drug-likeness (QED) is 0.946. The van der Waals surface area contributed by atoms with Gasteiger partial charge in [0.05, 0.1) is 6.04 Å². The van der Waals surface area contributed by atoms with Crippen molar-refractivity contribution in [2.75, 3.05) is 6.54 Å². The summed E-state index contributed by atoms with van der Waals surface area (Å²) in [5.74, 6) is -0.297. The Kier molecular flexibility index (Phi) is 4.57. The highest BCUT2D eigenvalue weighted by atomic mass is 19.1.